The lowest BCUT2D eigenvalue weighted by Crippen LogP contribution is -2.34. The summed E-state index contributed by atoms with van der Waals surface area (Å²) in [6.07, 6.45) is 1.44. The van der Waals surface area contributed by atoms with Gasteiger partial charge in [0.1, 0.15) is 29.5 Å². The van der Waals surface area contributed by atoms with Crippen LogP contribution in [0.25, 0.3) is 20.7 Å². The molecular formula is C25H25N3O4S. The summed E-state index contributed by atoms with van der Waals surface area (Å²) in [5.74, 6) is 1.20. The molecule has 0 fully saturated rings. The second kappa shape index (κ2) is 10.3. The summed E-state index contributed by atoms with van der Waals surface area (Å²) in [6, 6.07) is 17.2. The van der Waals surface area contributed by atoms with Crippen LogP contribution < -0.4 is 20.3 Å². The van der Waals surface area contributed by atoms with Gasteiger partial charge in [0.05, 0.1) is 24.9 Å². The van der Waals surface area contributed by atoms with Crippen LogP contribution in [-0.4, -0.2) is 35.2 Å². The fraction of sp³-hybridized carbons (Fsp3) is 0.240. The highest BCUT2D eigenvalue weighted by atomic mass is 32.1. The predicted molar refractivity (Wildman–Crippen MR) is 130 cm³/mol. The molecule has 0 aliphatic heterocycles. The molecule has 0 aliphatic rings. The van der Waals surface area contributed by atoms with Gasteiger partial charge in [0, 0.05) is 4.88 Å². The second-order valence-electron chi connectivity index (χ2n) is 7.38. The highest BCUT2D eigenvalue weighted by molar-refractivity contribution is 7.22. The number of aryl methyl sites for hydroxylation is 1. The Morgan fingerprint density at radius 2 is 1.76 bits per heavy atom. The first kappa shape index (κ1) is 22.5. The minimum atomic E-state index is -0.273. The first-order chi connectivity index (χ1) is 16.1. The molecule has 0 atom stereocenters. The molecule has 0 saturated heterocycles. The van der Waals surface area contributed by atoms with Crippen molar-refractivity contribution < 1.29 is 14.3 Å². The molecule has 4 rings (SSSR count). The highest BCUT2D eigenvalue weighted by Crippen LogP contribution is 2.35. The molecule has 2 heterocycles. The standard InChI is InChI=1S/C25H25N3O4S/c1-3-31-19-9-11-20(12-10-19)32-14-13-26-21(29)15-28-16-27-24-22(25(28)30)17(2)23(33-24)18-7-5-4-6-8-18/h4-12,16H,3,13-15H2,1-2H3,(H,26,29). The van der Waals surface area contributed by atoms with Crippen LogP contribution in [0.4, 0.5) is 0 Å². The largest absolute Gasteiger partial charge is 0.494 e. The number of ether oxygens (including phenoxy) is 2. The first-order valence-corrected chi connectivity index (χ1v) is 11.5. The van der Waals surface area contributed by atoms with Crippen LogP contribution in [0, 0.1) is 6.92 Å². The van der Waals surface area contributed by atoms with Gasteiger partial charge < -0.3 is 14.8 Å². The van der Waals surface area contributed by atoms with Gasteiger partial charge in [-0.25, -0.2) is 4.98 Å². The Labute approximate surface area is 195 Å². The molecule has 7 nitrogen and oxygen atoms in total. The average Bonchev–Trinajstić information content (AvgIpc) is 3.17. The van der Waals surface area contributed by atoms with Crippen molar-refractivity contribution in [3.63, 3.8) is 0 Å². The van der Waals surface area contributed by atoms with E-state index in [1.165, 1.54) is 22.2 Å². The smallest absolute Gasteiger partial charge is 0.262 e. The third-order valence-corrected chi connectivity index (χ3v) is 6.34. The molecule has 0 saturated carbocycles. The van der Waals surface area contributed by atoms with Crippen LogP contribution >= 0.6 is 11.3 Å². The fourth-order valence-corrected chi connectivity index (χ4v) is 4.65. The minimum Gasteiger partial charge on any atom is -0.494 e. The van der Waals surface area contributed by atoms with Crippen molar-refractivity contribution >= 4 is 27.5 Å². The Morgan fingerprint density at radius 3 is 2.45 bits per heavy atom. The number of rotatable bonds is 9. The number of hydrogen-bond donors (Lipinski definition) is 1. The van der Waals surface area contributed by atoms with Gasteiger partial charge >= 0.3 is 0 Å². The van der Waals surface area contributed by atoms with E-state index in [1.54, 1.807) is 0 Å². The lowest BCUT2D eigenvalue weighted by atomic mass is 10.1. The van der Waals surface area contributed by atoms with Gasteiger partial charge in [-0.05, 0) is 49.2 Å². The first-order valence-electron chi connectivity index (χ1n) is 10.7. The van der Waals surface area contributed by atoms with E-state index >= 15 is 0 Å². The van der Waals surface area contributed by atoms with E-state index in [0.717, 1.165) is 21.8 Å². The van der Waals surface area contributed by atoms with Crippen molar-refractivity contribution in [1.82, 2.24) is 14.9 Å². The van der Waals surface area contributed by atoms with Crippen molar-refractivity contribution in [2.45, 2.75) is 20.4 Å². The van der Waals surface area contributed by atoms with Gasteiger partial charge in [-0.1, -0.05) is 30.3 Å². The van der Waals surface area contributed by atoms with Crippen LogP contribution in [0.5, 0.6) is 11.5 Å². The van der Waals surface area contributed by atoms with Crippen molar-refractivity contribution in [1.29, 1.82) is 0 Å². The van der Waals surface area contributed by atoms with Gasteiger partial charge in [0.2, 0.25) is 5.91 Å². The monoisotopic (exact) mass is 463 g/mol. The number of nitrogens with one attached hydrogen (secondary N) is 1. The zero-order chi connectivity index (χ0) is 23.2. The maximum atomic E-state index is 13.0. The van der Waals surface area contributed by atoms with Gasteiger partial charge in [0.25, 0.3) is 5.56 Å². The van der Waals surface area contributed by atoms with E-state index in [2.05, 4.69) is 10.3 Å². The number of aromatic nitrogens is 2. The second-order valence-corrected chi connectivity index (χ2v) is 8.38. The van der Waals surface area contributed by atoms with E-state index in [-0.39, 0.29) is 18.0 Å². The summed E-state index contributed by atoms with van der Waals surface area (Å²) in [6.45, 7) is 5.01. The van der Waals surface area contributed by atoms with E-state index in [1.807, 2.05) is 68.4 Å². The number of amides is 1. The molecule has 0 radical (unpaired) electrons. The zero-order valence-corrected chi connectivity index (χ0v) is 19.4. The van der Waals surface area contributed by atoms with Crippen LogP contribution in [0.1, 0.15) is 12.5 Å². The SMILES string of the molecule is CCOc1ccc(OCCNC(=O)Cn2cnc3sc(-c4ccccc4)c(C)c3c2=O)cc1. The molecule has 2 aromatic heterocycles. The summed E-state index contributed by atoms with van der Waals surface area (Å²) < 4.78 is 12.4. The van der Waals surface area contributed by atoms with E-state index in [9.17, 15) is 9.59 Å². The quantitative estimate of drug-likeness (QED) is 0.379. The number of hydrogen-bond acceptors (Lipinski definition) is 6. The van der Waals surface area contributed by atoms with Gasteiger partial charge in [-0.2, -0.15) is 0 Å². The zero-order valence-electron chi connectivity index (χ0n) is 18.5. The summed E-state index contributed by atoms with van der Waals surface area (Å²) >= 11 is 1.49. The van der Waals surface area contributed by atoms with Crippen LogP contribution in [0.3, 0.4) is 0 Å². The molecule has 33 heavy (non-hydrogen) atoms. The number of nitrogens with zero attached hydrogens (tertiary/aromatic N) is 2. The number of benzene rings is 2. The van der Waals surface area contributed by atoms with E-state index in [4.69, 9.17) is 9.47 Å². The lowest BCUT2D eigenvalue weighted by molar-refractivity contribution is -0.121. The van der Waals surface area contributed by atoms with Crippen LogP contribution in [0.15, 0.2) is 65.7 Å². The Kier molecular flexibility index (Phi) is 7.04. The molecule has 1 N–H and O–H groups in total. The number of fused-ring (bicyclic) bond motifs is 1. The molecule has 0 bridgehead atoms. The summed E-state index contributed by atoms with van der Waals surface area (Å²) in [4.78, 5) is 31.5. The van der Waals surface area contributed by atoms with Crippen molar-refractivity contribution in [2.24, 2.45) is 0 Å². The molecular weight excluding hydrogens is 438 g/mol. The summed E-state index contributed by atoms with van der Waals surface area (Å²) in [7, 11) is 0. The summed E-state index contributed by atoms with van der Waals surface area (Å²) in [5, 5.41) is 3.34. The number of carbonyl (C=O) groups is 1. The van der Waals surface area contributed by atoms with E-state index in [0.29, 0.717) is 35.7 Å². The topological polar surface area (TPSA) is 82.4 Å². The Morgan fingerprint density at radius 1 is 1.06 bits per heavy atom. The summed E-state index contributed by atoms with van der Waals surface area (Å²) in [5.41, 5.74) is 1.73. The van der Waals surface area contributed by atoms with E-state index < -0.39 is 0 Å². The highest BCUT2D eigenvalue weighted by Gasteiger charge is 2.16. The minimum absolute atomic E-state index is 0.0964. The van der Waals surface area contributed by atoms with Crippen LogP contribution in [-0.2, 0) is 11.3 Å². The molecule has 0 unspecified atom stereocenters. The maximum absolute atomic E-state index is 13.0. The Bertz CT molecular complexity index is 1300. The molecule has 2 aromatic carbocycles. The molecule has 8 heteroatoms. The molecule has 170 valence electrons. The normalized spacial score (nSPS) is 10.8. The third-order valence-electron chi connectivity index (χ3n) is 5.09. The van der Waals surface area contributed by atoms with Gasteiger partial charge in [0.15, 0.2) is 0 Å². The molecule has 1 amide bonds. The number of carbonyl (C=O) groups excluding carboxylic acids is 1. The average molecular weight is 464 g/mol. The van der Waals surface area contributed by atoms with Gasteiger partial charge in [-0.15, -0.1) is 11.3 Å². The molecule has 0 aliphatic carbocycles. The van der Waals surface area contributed by atoms with Crippen molar-refractivity contribution in [2.75, 3.05) is 19.8 Å². The van der Waals surface area contributed by atoms with Crippen molar-refractivity contribution in [3.05, 3.63) is 76.8 Å². The Balaban J connectivity index is 1.36. The number of thiophene rings is 1. The molecule has 4 aromatic rings. The van der Waals surface area contributed by atoms with Gasteiger partial charge in [-0.3, -0.25) is 14.2 Å². The predicted octanol–water partition coefficient (Wildman–Crippen LogP) is 4.03. The molecule has 0 spiro atoms. The fourth-order valence-electron chi connectivity index (χ4n) is 3.51. The maximum Gasteiger partial charge on any atom is 0.262 e. The third kappa shape index (κ3) is 5.23. The lowest BCUT2D eigenvalue weighted by Gasteiger charge is -2.09. The Hall–Kier alpha value is -3.65. The van der Waals surface area contributed by atoms with Crippen molar-refractivity contribution in [3.8, 4) is 21.9 Å². The van der Waals surface area contributed by atoms with Crippen LogP contribution in [0.2, 0.25) is 0 Å².